The second kappa shape index (κ2) is 4.24. The number of halogens is 2. The van der Waals surface area contributed by atoms with Crippen molar-refractivity contribution < 1.29 is 8.92 Å². The summed E-state index contributed by atoms with van der Waals surface area (Å²) in [7, 11) is -0.627. The predicted molar refractivity (Wildman–Crippen MR) is 54.1 cm³/mol. The van der Waals surface area contributed by atoms with Crippen molar-refractivity contribution in [3.05, 3.63) is 30.3 Å². The van der Waals surface area contributed by atoms with Crippen LogP contribution in [0.25, 0.3) is 0 Å². The Morgan fingerprint density at radius 2 is 1.56 bits per heavy atom. The second-order valence-electron chi connectivity index (χ2n) is 1.47. The molecule has 0 radical (unpaired) electrons. The quantitative estimate of drug-likeness (QED) is 0.473. The van der Waals surface area contributed by atoms with Crippen LogP contribution in [0, 0.1) is 0 Å². The SMILES string of the molecule is [I][Ru]([I])[c]1ccccc1. The predicted octanol–water partition coefficient (Wildman–Crippen LogP) is 2.63. The van der Waals surface area contributed by atoms with E-state index in [1.807, 2.05) is 0 Å². The Balaban J connectivity index is 2.85. The van der Waals surface area contributed by atoms with Crippen molar-refractivity contribution in [1.29, 1.82) is 0 Å². The van der Waals surface area contributed by atoms with Crippen LogP contribution in [-0.4, -0.2) is 0 Å². The third-order valence-corrected chi connectivity index (χ3v) is 7.43. The van der Waals surface area contributed by atoms with Crippen LogP contribution in [0.4, 0.5) is 0 Å². The van der Waals surface area contributed by atoms with Crippen molar-refractivity contribution in [3.8, 4) is 0 Å². The Bertz CT molecular complexity index is 174. The molecule has 3 heteroatoms. The molecule has 0 bridgehead atoms. The van der Waals surface area contributed by atoms with E-state index in [1.165, 1.54) is 4.16 Å². The van der Waals surface area contributed by atoms with Crippen LogP contribution in [0.3, 0.4) is 0 Å². The van der Waals surface area contributed by atoms with Gasteiger partial charge in [0, 0.05) is 0 Å². The number of benzene rings is 1. The number of hydrogen-bond donors (Lipinski definition) is 0. The van der Waals surface area contributed by atoms with Crippen LogP contribution in [0.5, 0.6) is 0 Å². The minimum atomic E-state index is -0.627. The first-order chi connectivity index (χ1) is 4.30. The van der Waals surface area contributed by atoms with Crippen LogP contribution in [0.1, 0.15) is 0 Å². The van der Waals surface area contributed by atoms with Crippen molar-refractivity contribution in [2.24, 2.45) is 0 Å². The zero-order valence-electron chi connectivity index (χ0n) is 4.50. The zero-order chi connectivity index (χ0) is 6.69. The molecule has 51 valence electrons. The van der Waals surface area contributed by atoms with Gasteiger partial charge < -0.3 is 0 Å². The van der Waals surface area contributed by atoms with Gasteiger partial charge in [0.1, 0.15) is 0 Å². The van der Waals surface area contributed by atoms with E-state index in [2.05, 4.69) is 69.8 Å². The van der Waals surface area contributed by atoms with E-state index in [1.54, 1.807) is 0 Å². The Hall–Kier alpha value is 1.30. The van der Waals surface area contributed by atoms with Gasteiger partial charge in [-0.15, -0.1) is 0 Å². The molecule has 1 aromatic rings. The van der Waals surface area contributed by atoms with Gasteiger partial charge in [-0.3, -0.25) is 0 Å². The third kappa shape index (κ3) is 2.80. The van der Waals surface area contributed by atoms with E-state index in [-0.39, 0.29) is 0 Å². The summed E-state index contributed by atoms with van der Waals surface area (Å²) in [6.07, 6.45) is 0. The molecular formula is C6H5I2Ru. The molecule has 0 atom stereocenters. The summed E-state index contributed by atoms with van der Waals surface area (Å²) in [4.78, 5) is 0. The summed E-state index contributed by atoms with van der Waals surface area (Å²) in [6.45, 7) is 0. The van der Waals surface area contributed by atoms with Gasteiger partial charge in [-0.1, -0.05) is 0 Å². The van der Waals surface area contributed by atoms with E-state index in [9.17, 15) is 0 Å². The summed E-state index contributed by atoms with van der Waals surface area (Å²) >= 11 is 5.08. The second-order valence-corrected chi connectivity index (χ2v) is 21.0. The summed E-state index contributed by atoms with van der Waals surface area (Å²) in [5.41, 5.74) is 0. The van der Waals surface area contributed by atoms with Gasteiger partial charge in [-0.2, -0.15) is 0 Å². The average molecular weight is 432 g/mol. The maximum atomic E-state index is 2.54. The van der Waals surface area contributed by atoms with E-state index in [4.69, 9.17) is 0 Å². The van der Waals surface area contributed by atoms with Gasteiger partial charge in [0.25, 0.3) is 0 Å². The maximum absolute atomic E-state index is 2.54. The van der Waals surface area contributed by atoms with Gasteiger partial charge in [-0.25, -0.2) is 0 Å². The topological polar surface area (TPSA) is 0 Å². The van der Waals surface area contributed by atoms with Crippen LogP contribution in [0.15, 0.2) is 30.3 Å². The fourth-order valence-electron chi connectivity index (χ4n) is 0.499. The minimum absolute atomic E-state index is 0.627. The van der Waals surface area contributed by atoms with Gasteiger partial charge >= 0.3 is 82.9 Å². The van der Waals surface area contributed by atoms with Gasteiger partial charge in [0.05, 0.1) is 0 Å². The molecule has 0 heterocycles. The third-order valence-electron chi connectivity index (χ3n) is 0.879. The van der Waals surface area contributed by atoms with Crippen LogP contribution in [-0.2, 0) is 8.92 Å². The average Bonchev–Trinajstić information content (AvgIpc) is 1.90. The fourth-order valence-corrected chi connectivity index (χ4v) is 4.28. The monoisotopic (exact) mass is 433 g/mol. The van der Waals surface area contributed by atoms with Crippen LogP contribution >= 0.6 is 39.5 Å². The molecule has 0 saturated heterocycles. The Labute approximate surface area is 81.7 Å². The Morgan fingerprint density at radius 1 is 1.00 bits per heavy atom. The first-order valence-electron chi connectivity index (χ1n) is 2.35. The Kier molecular flexibility index (Phi) is 3.96. The summed E-state index contributed by atoms with van der Waals surface area (Å²) in [5, 5.41) is 0. The molecule has 0 aromatic heterocycles. The van der Waals surface area contributed by atoms with Crippen molar-refractivity contribution >= 4 is 43.7 Å². The fraction of sp³-hybridized carbons (Fsp3) is 0. The summed E-state index contributed by atoms with van der Waals surface area (Å²) in [5.74, 6) is 0. The van der Waals surface area contributed by atoms with Gasteiger partial charge in [-0.05, 0) is 0 Å². The molecule has 0 unspecified atom stereocenters. The number of rotatable bonds is 1. The first kappa shape index (κ1) is 8.40. The molecule has 0 saturated carbocycles. The standard InChI is InChI=1S/C6H5.2HI.Ru/c1-2-4-6-5-3-1;;;/h1-5H;2*1H;/q;;;+2/p-2. The molecule has 0 nitrogen and oxygen atoms in total. The Morgan fingerprint density at radius 3 is 1.89 bits per heavy atom. The molecule has 0 spiro atoms. The molecular weight excluding hydrogens is 427 g/mol. The molecule has 0 aliphatic carbocycles. The molecule has 1 aromatic carbocycles. The normalized spacial score (nSPS) is 11.1. The van der Waals surface area contributed by atoms with Crippen LogP contribution < -0.4 is 4.16 Å². The van der Waals surface area contributed by atoms with Gasteiger partial charge in [0.2, 0.25) is 0 Å². The van der Waals surface area contributed by atoms with Gasteiger partial charge in [0.15, 0.2) is 0 Å². The molecule has 0 aliphatic rings. The molecule has 0 N–H and O–H groups in total. The van der Waals surface area contributed by atoms with E-state index in [0.29, 0.717) is 0 Å². The molecule has 1 rings (SSSR count). The van der Waals surface area contributed by atoms with Crippen molar-refractivity contribution in [2.45, 2.75) is 0 Å². The van der Waals surface area contributed by atoms with Crippen LogP contribution in [0.2, 0.25) is 0 Å². The number of hydrogen-bond acceptors (Lipinski definition) is 0. The van der Waals surface area contributed by atoms with E-state index < -0.39 is 8.92 Å². The van der Waals surface area contributed by atoms with Crippen molar-refractivity contribution in [1.82, 2.24) is 0 Å². The first-order valence-corrected chi connectivity index (χ1v) is 13.6. The summed E-state index contributed by atoms with van der Waals surface area (Å²) in [6, 6.07) is 10.7. The zero-order valence-corrected chi connectivity index (χ0v) is 10.5. The van der Waals surface area contributed by atoms with Crippen molar-refractivity contribution in [2.75, 3.05) is 0 Å². The molecule has 0 fully saturated rings. The van der Waals surface area contributed by atoms with Crippen molar-refractivity contribution in [3.63, 3.8) is 0 Å². The molecule has 0 aliphatic heterocycles. The van der Waals surface area contributed by atoms with E-state index >= 15 is 0 Å². The molecule has 9 heavy (non-hydrogen) atoms. The molecule has 0 amide bonds. The summed E-state index contributed by atoms with van der Waals surface area (Å²) < 4.78 is 1.53. The van der Waals surface area contributed by atoms with E-state index in [0.717, 1.165) is 0 Å².